The number of pyridine rings is 1. The number of imidazole rings is 1. The van der Waals surface area contributed by atoms with Crippen LogP contribution in [0.3, 0.4) is 0 Å². The van der Waals surface area contributed by atoms with Gasteiger partial charge in [-0.05, 0) is 71.8 Å². The summed E-state index contributed by atoms with van der Waals surface area (Å²) < 4.78 is 0. The van der Waals surface area contributed by atoms with Gasteiger partial charge in [0.15, 0.2) is 5.65 Å². The van der Waals surface area contributed by atoms with Gasteiger partial charge in [-0.2, -0.15) is 0 Å². The molecule has 0 atom stereocenters. The SMILES string of the molecule is C#C.C=C/C(=C\C(=C/C)c1ccc(N)c(Cc2nc3nccc(-c4cccs4)c3[nH]2)c1)NC(=C)CC. The van der Waals surface area contributed by atoms with Gasteiger partial charge in [0.05, 0.1) is 5.52 Å². The largest absolute Gasteiger partial charge is 0.398 e. The summed E-state index contributed by atoms with van der Waals surface area (Å²) in [6.07, 6.45) is 17.2. The van der Waals surface area contributed by atoms with Crippen molar-refractivity contribution in [3.63, 3.8) is 0 Å². The summed E-state index contributed by atoms with van der Waals surface area (Å²) in [7, 11) is 0. The lowest BCUT2D eigenvalue weighted by atomic mass is 9.99. The summed E-state index contributed by atoms with van der Waals surface area (Å²) in [5.41, 5.74) is 14.9. The average molecular weight is 494 g/mol. The van der Waals surface area contributed by atoms with Gasteiger partial charge in [-0.3, -0.25) is 0 Å². The first-order valence-electron chi connectivity index (χ1n) is 11.6. The molecule has 0 fully saturated rings. The molecule has 0 aliphatic rings. The third kappa shape index (κ3) is 6.01. The highest BCUT2D eigenvalue weighted by Crippen LogP contribution is 2.30. The number of aromatic amines is 1. The maximum absolute atomic E-state index is 6.36. The topological polar surface area (TPSA) is 79.6 Å². The number of benzene rings is 1. The quantitative estimate of drug-likeness (QED) is 0.132. The number of nitrogens with zero attached hydrogens (tertiary/aromatic N) is 2. The Labute approximate surface area is 217 Å². The summed E-state index contributed by atoms with van der Waals surface area (Å²) in [5, 5.41) is 5.38. The van der Waals surface area contributed by atoms with E-state index in [4.69, 9.17) is 10.7 Å². The lowest BCUT2D eigenvalue weighted by Gasteiger charge is -2.12. The highest BCUT2D eigenvalue weighted by molar-refractivity contribution is 7.13. The number of terminal acetylenes is 1. The average Bonchev–Trinajstić information content (AvgIpc) is 3.59. The fraction of sp³-hybridized carbons (Fsp3) is 0.133. The van der Waals surface area contributed by atoms with E-state index in [0.717, 1.165) is 57.1 Å². The molecule has 3 heterocycles. The normalized spacial score (nSPS) is 11.6. The van der Waals surface area contributed by atoms with Crippen LogP contribution < -0.4 is 11.1 Å². The summed E-state index contributed by atoms with van der Waals surface area (Å²) in [6.45, 7) is 12.0. The van der Waals surface area contributed by atoms with E-state index in [1.165, 1.54) is 4.88 Å². The van der Waals surface area contributed by atoms with Crippen molar-refractivity contribution in [2.75, 3.05) is 5.73 Å². The molecule has 4 N–H and O–H groups in total. The van der Waals surface area contributed by atoms with Crippen LogP contribution in [0.1, 0.15) is 37.2 Å². The van der Waals surface area contributed by atoms with Crippen LogP contribution in [0.25, 0.3) is 27.2 Å². The number of thiophene rings is 1. The van der Waals surface area contributed by atoms with E-state index in [1.807, 2.05) is 25.1 Å². The fourth-order valence-corrected chi connectivity index (χ4v) is 4.50. The van der Waals surface area contributed by atoms with E-state index in [9.17, 15) is 0 Å². The number of hydrogen-bond donors (Lipinski definition) is 3. The molecule has 6 heteroatoms. The molecule has 3 aromatic heterocycles. The second kappa shape index (κ2) is 12.4. The van der Waals surface area contributed by atoms with Crippen molar-refractivity contribution in [3.05, 3.63) is 108 Å². The number of hydrogen-bond acceptors (Lipinski definition) is 5. The predicted molar refractivity (Wildman–Crippen MR) is 155 cm³/mol. The predicted octanol–water partition coefficient (Wildman–Crippen LogP) is 7.10. The smallest absolute Gasteiger partial charge is 0.178 e. The molecular formula is C30H31N5S. The van der Waals surface area contributed by atoms with Crippen molar-refractivity contribution in [2.45, 2.75) is 26.7 Å². The number of nitrogen functional groups attached to an aromatic ring is 1. The molecule has 0 amide bonds. The Hall–Kier alpha value is -4.34. The van der Waals surface area contributed by atoms with Crippen LogP contribution in [0.4, 0.5) is 5.69 Å². The van der Waals surface area contributed by atoms with E-state index in [2.05, 4.69) is 83.9 Å². The molecule has 4 rings (SSSR count). The van der Waals surface area contributed by atoms with Crippen LogP contribution in [0.2, 0.25) is 0 Å². The minimum Gasteiger partial charge on any atom is -0.398 e. The lowest BCUT2D eigenvalue weighted by molar-refractivity contribution is 0.921. The van der Waals surface area contributed by atoms with Crippen molar-refractivity contribution in [2.24, 2.45) is 0 Å². The van der Waals surface area contributed by atoms with Crippen LogP contribution in [0, 0.1) is 12.8 Å². The molecule has 4 aromatic rings. The third-order valence-electron chi connectivity index (χ3n) is 5.65. The van der Waals surface area contributed by atoms with Crippen LogP contribution in [-0.4, -0.2) is 15.0 Å². The third-order valence-corrected chi connectivity index (χ3v) is 6.55. The van der Waals surface area contributed by atoms with Crippen LogP contribution in [0.15, 0.2) is 90.8 Å². The monoisotopic (exact) mass is 493 g/mol. The van der Waals surface area contributed by atoms with Gasteiger partial charge in [-0.15, -0.1) is 24.2 Å². The Balaban J connectivity index is 0.00000176. The Bertz CT molecular complexity index is 1430. The standard InChI is InChI=1S/C28H29N5S.C2H2/c1-5-18(4)31-22(7-3)16-19(6-2)20-10-11-24(29)21(15-20)17-26-32-27-23(25-9-8-14-34-25)12-13-30-28(27)33-26;1-2/h6-16,31H,3-5,17,29H2,1-2H3,(H,30,32,33);1-2H/b19-6+,22-16+;. The Morgan fingerprint density at radius 1 is 1.25 bits per heavy atom. The van der Waals surface area contributed by atoms with E-state index in [1.54, 1.807) is 23.6 Å². The zero-order valence-corrected chi connectivity index (χ0v) is 21.5. The zero-order valence-electron chi connectivity index (χ0n) is 20.7. The van der Waals surface area contributed by atoms with Gasteiger partial charge in [0, 0.05) is 40.1 Å². The molecule has 0 unspecified atom stereocenters. The Kier molecular flexibility index (Phi) is 9.04. The molecule has 0 bridgehead atoms. The van der Waals surface area contributed by atoms with Gasteiger partial charge in [-0.25, -0.2) is 9.97 Å². The first-order valence-corrected chi connectivity index (χ1v) is 12.4. The number of allylic oxidation sites excluding steroid dienone is 5. The maximum Gasteiger partial charge on any atom is 0.178 e. The first kappa shape index (κ1) is 26.3. The van der Waals surface area contributed by atoms with E-state index in [-0.39, 0.29) is 0 Å². The maximum atomic E-state index is 6.36. The van der Waals surface area contributed by atoms with Gasteiger partial charge < -0.3 is 16.0 Å². The molecule has 0 saturated heterocycles. The Morgan fingerprint density at radius 3 is 2.72 bits per heavy atom. The Morgan fingerprint density at radius 2 is 2.06 bits per heavy atom. The van der Waals surface area contributed by atoms with Gasteiger partial charge in [-0.1, -0.05) is 38.3 Å². The van der Waals surface area contributed by atoms with Gasteiger partial charge in [0.25, 0.3) is 0 Å². The molecule has 36 heavy (non-hydrogen) atoms. The number of aromatic nitrogens is 3. The van der Waals surface area contributed by atoms with Crippen molar-refractivity contribution < 1.29 is 0 Å². The number of anilines is 1. The summed E-state index contributed by atoms with van der Waals surface area (Å²) in [4.78, 5) is 13.9. The van der Waals surface area contributed by atoms with Gasteiger partial charge in [0.2, 0.25) is 0 Å². The molecular weight excluding hydrogens is 462 g/mol. The van der Waals surface area contributed by atoms with Crippen LogP contribution in [0.5, 0.6) is 0 Å². The van der Waals surface area contributed by atoms with E-state index in [0.29, 0.717) is 12.1 Å². The van der Waals surface area contributed by atoms with Crippen molar-refractivity contribution in [1.82, 2.24) is 20.3 Å². The number of fused-ring (bicyclic) bond motifs is 1. The molecule has 0 aliphatic carbocycles. The van der Waals surface area contributed by atoms with Gasteiger partial charge >= 0.3 is 0 Å². The molecule has 0 radical (unpaired) electrons. The molecule has 1 aromatic carbocycles. The van der Waals surface area contributed by atoms with Gasteiger partial charge in [0.1, 0.15) is 5.82 Å². The van der Waals surface area contributed by atoms with Crippen LogP contribution in [-0.2, 0) is 6.42 Å². The van der Waals surface area contributed by atoms with Crippen molar-refractivity contribution >= 4 is 33.8 Å². The van der Waals surface area contributed by atoms with E-state index >= 15 is 0 Å². The van der Waals surface area contributed by atoms with E-state index < -0.39 is 0 Å². The minimum absolute atomic E-state index is 0.583. The fourth-order valence-electron chi connectivity index (χ4n) is 3.74. The van der Waals surface area contributed by atoms with Crippen molar-refractivity contribution in [3.8, 4) is 23.3 Å². The number of nitrogens with one attached hydrogen (secondary N) is 2. The highest BCUT2D eigenvalue weighted by atomic mass is 32.1. The summed E-state index contributed by atoms with van der Waals surface area (Å²) in [6, 6.07) is 12.3. The lowest BCUT2D eigenvalue weighted by Crippen LogP contribution is -2.09. The number of rotatable bonds is 9. The molecule has 5 nitrogen and oxygen atoms in total. The molecule has 0 spiro atoms. The zero-order chi connectivity index (χ0) is 26.1. The highest BCUT2D eigenvalue weighted by Gasteiger charge is 2.13. The molecule has 0 saturated carbocycles. The van der Waals surface area contributed by atoms with Crippen LogP contribution >= 0.6 is 11.3 Å². The first-order chi connectivity index (χ1) is 17.5. The number of nitrogens with two attached hydrogens (primary N) is 1. The van der Waals surface area contributed by atoms with Crippen molar-refractivity contribution in [1.29, 1.82) is 0 Å². The second-order valence-corrected chi connectivity index (χ2v) is 8.89. The summed E-state index contributed by atoms with van der Waals surface area (Å²) >= 11 is 1.70. The summed E-state index contributed by atoms with van der Waals surface area (Å²) in [5.74, 6) is 0.834. The second-order valence-electron chi connectivity index (χ2n) is 7.94. The molecule has 182 valence electrons. The minimum atomic E-state index is 0.583. The molecule has 0 aliphatic heterocycles. The number of H-pyrrole nitrogens is 1.